The second kappa shape index (κ2) is 6.30. The molecule has 0 aromatic heterocycles. The Bertz CT molecular complexity index is 394. The number of aliphatic hydroxyl groups is 1. The molecule has 5 heteroatoms. The van der Waals surface area contributed by atoms with Crippen LogP contribution in [0.2, 0.25) is 0 Å². The smallest absolute Gasteiger partial charge is 0.220 e. The number of hydrogen-bond donors (Lipinski definition) is 2. The summed E-state index contributed by atoms with van der Waals surface area (Å²) in [4.78, 5) is 11.3. The summed E-state index contributed by atoms with van der Waals surface area (Å²) >= 11 is 0. The molecule has 0 fully saturated rings. The Balaban J connectivity index is 2.42. The van der Waals surface area contributed by atoms with E-state index in [2.05, 4.69) is 5.32 Å². The molecule has 2 N–H and O–H groups in total. The monoisotopic (exact) mass is 243 g/mol. The fourth-order valence-corrected chi connectivity index (χ4v) is 1.32. The van der Waals surface area contributed by atoms with E-state index in [9.17, 15) is 13.6 Å². The third-order valence-electron chi connectivity index (χ3n) is 2.23. The molecule has 0 bridgehead atoms. The van der Waals surface area contributed by atoms with E-state index in [1.165, 1.54) is 6.07 Å². The molecule has 1 aromatic rings. The number of rotatable bonds is 5. The fourth-order valence-electron chi connectivity index (χ4n) is 1.32. The molecular weight excluding hydrogens is 228 g/mol. The van der Waals surface area contributed by atoms with Gasteiger partial charge in [0.15, 0.2) is 0 Å². The Morgan fingerprint density at radius 3 is 2.76 bits per heavy atom. The lowest BCUT2D eigenvalue weighted by atomic mass is 10.1. The summed E-state index contributed by atoms with van der Waals surface area (Å²) in [5, 5.41) is 11.4. The predicted molar refractivity (Wildman–Crippen MR) is 59.4 cm³/mol. The number of halogens is 2. The number of carbonyl (C=O) groups excluding carboxylic acids is 1. The standard InChI is InChI=1S/C12H15F2NO2/c1-8(16)7-15-12(17)5-3-9-2-4-10(13)6-11(9)14/h2,4,6,8,16H,3,5,7H2,1H3,(H,15,17). The third kappa shape index (κ3) is 4.91. The molecule has 0 saturated carbocycles. The van der Waals surface area contributed by atoms with Gasteiger partial charge in [0.2, 0.25) is 5.91 Å². The van der Waals surface area contributed by atoms with Crippen LogP contribution in [0.25, 0.3) is 0 Å². The van der Waals surface area contributed by atoms with Crippen molar-refractivity contribution in [2.75, 3.05) is 6.54 Å². The maximum atomic E-state index is 13.2. The predicted octanol–water partition coefficient (Wildman–Crippen LogP) is 1.39. The van der Waals surface area contributed by atoms with E-state index in [0.717, 1.165) is 12.1 Å². The summed E-state index contributed by atoms with van der Waals surface area (Å²) in [6, 6.07) is 3.28. The minimum absolute atomic E-state index is 0.106. The molecule has 17 heavy (non-hydrogen) atoms. The highest BCUT2D eigenvalue weighted by Gasteiger charge is 2.07. The number of nitrogens with one attached hydrogen (secondary N) is 1. The summed E-state index contributed by atoms with van der Waals surface area (Å²) in [7, 11) is 0. The van der Waals surface area contributed by atoms with Gasteiger partial charge >= 0.3 is 0 Å². The van der Waals surface area contributed by atoms with Crippen LogP contribution in [0.3, 0.4) is 0 Å². The third-order valence-corrected chi connectivity index (χ3v) is 2.23. The summed E-state index contributed by atoms with van der Waals surface area (Å²) in [5.41, 5.74) is 0.304. The number of amides is 1. The van der Waals surface area contributed by atoms with Crippen LogP contribution in [0.4, 0.5) is 8.78 Å². The number of hydrogen-bond acceptors (Lipinski definition) is 2. The van der Waals surface area contributed by atoms with Crippen LogP contribution in [0.5, 0.6) is 0 Å². The summed E-state index contributed by atoms with van der Waals surface area (Å²) < 4.78 is 25.8. The Morgan fingerprint density at radius 1 is 1.47 bits per heavy atom. The number of aryl methyl sites for hydroxylation is 1. The molecule has 1 atom stereocenters. The van der Waals surface area contributed by atoms with Crippen molar-refractivity contribution in [2.24, 2.45) is 0 Å². The Kier molecular flexibility index (Phi) is 5.03. The lowest BCUT2D eigenvalue weighted by molar-refractivity contribution is -0.121. The summed E-state index contributed by atoms with van der Waals surface area (Å²) in [6.07, 6.45) is -0.297. The molecule has 1 rings (SSSR count). The second-order valence-corrected chi connectivity index (χ2v) is 3.89. The topological polar surface area (TPSA) is 49.3 Å². The van der Waals surface area contributed by atoms with Crippen LogP contribution in [0.1, 0.15) is 18.9 Å². The van der Waals surface area contributed by atoms with Crippen LogP contribution in [-0.4, -0.2) is 23.7 Å². The lowest BCUT2D eigenvalue weighted by Gasteiger charge is -2.07. The van der Waals surface area contributed by atoms with Crippen molar-refractivity contribution in [1.82, 2.24) is 5.32 Å². The van der Waals surface area contributed by atoms with E-state index in [1.54, 1.807) is 6.92 Å². The Labute approximate surface area is 98.5 Å². The minimum atomic E-state index is -0.645. The van der Waals surface area contributed by atoms with Crippen molar-refractivity contribution in [1.29, 1.82) is 0 Å². The van der Waals surface area contributed by atoms with Gasteiger partial charge in [0, 0.05) is 19.0 Å². The largest absolute Gasteiger partial charge is 0.392 e. The van der Waals surface area contributed by atoms with Crippen LogP contribution in [0, 0.1) is 11.6 Å². The maximum Gasteiger partial charge on any atom is 0.220 e. The van der Waals surface area contributed by atoms with E-state index < -0.39 is 17.7 Å². The first-order valence-corrected chi connectivity index (χ1v) is 5.37. The Morgan fingerprint density at radius 2 is 2.18 bits per heavy atom. The maximum absolute atomic E-state index is 13.2. The normalized spacial score (nSPS) is 12.2. The first-order chi connectivity index (χ1) is 7.99. The van der Waals surface area contributed by atoms with Crippen molar-refractivity contribution in [3.63, 3.8) is 0 Å². The van der Waals surface area contributed by atoms with Crippen molar-refractivity contribution in [3.8, 4) is 0 Å². The fraction of sp³-hybridized carbons (Fsp3) is 0.417. The van der Waals surface area contributed by atoms with E-state index in [-0.39, 0.29) is 25.3 Å². The van der Waals surface area contributed by atoms with E-state index in [4.69, 9.17) is 5.11 Å². The molecule has 1 aromatic carbocycles. The first-order valence-electron chi connectivity index (χ1n) is 5.37. The average molecular weight is 243 g/mol. The van der Waals surface area contributed by atoms with Gasteiger partial charge in [-0.05, 0) is 25.0 Å². The molecule has 0 saturated heterocycles. The molecule has 0 spiro atoms. The highest BCUT2D eigenvalue weighted by atomic mass is 19.1. The average Bonchev–Trinajstić information content (AvgIpc) is 2.25. The van der Waals surface area contributed by atoms with Crippen molar-refractivity contribution < 1.29 is 18.7 Å². The zero-order valence-electron chi connectivity index (χ0n) is 9.54. The molecule has 0 heterocycles. The van der Waals surface area contributed by atoms with Crippen LogP contribution < -0.4 is 5.32 Å². The summed E-state index contributed by atoms with van der Waals surface area (Å²) in [5.74, 6) is -1.55. The molecule has 94 valence electrons. The summed E-state index contributed by atoms with van der Waals surface area (Å²) in [6.45, 7) is 1.73. The molecule has 1 amide bonds. The highest BCUT2D eigenvalue weighted by Crippen LogP contribution is 2.11. The molecular formula is C12H15F2NO2. The van der Waals surface area contributed by atoms with Gasteiger partial charge in [0.1, 0.15) is 11.6 Å². The second-order valence-electron chi connectivity index (χ2n) is 3.89. The van der Waals surface area contributed by atoms with Gasteiger partial charge < -0.3 is 10.4 Å². The molecule has 1 unspecified atom stereocenters. The van der Waals surface area contributed by atoms with Crippen LogP contribution >= 0.6 is 0 Å². The lowest BCUT2D eigenvalue weighted by Crippen LogP contribution is -2.30. The quantitative estimate of drug-likeness (QED) is 0.821. The van der Waals surface area contributed by atoms with Gasteiger partial charge in [0.05, 0.1) is 6.10 Å². The SMILES string of the molecule is CC(O)CNC(=O)CCc1ccc(F)cc1F. The molecule has 3 nitrogen and oxygen atoms in total. The van der Waals surface area contributed by atoms with Crippen LogP contribution in [0.15, 0.2) is 18.2 Å². The molecule has 0 aliphatic carbocycles. The zero-order valence-corrected chi connectivity index (χ0v) is 9.54. The van der Waals surface area contributed by atoms with Gasteiger partial charge in [-0.25, -0.2) is 8.78 Å². The van der Waals surface area contributed by atoms with Crippen LogP contribution in [-0.2, 0) is 11.2 Å². The highest BCUT2D eigenvalue weighted by molar-refractivity contribution is 5.76. The van der Waals surface area contributed by atoms with Gasteiger partial charge in [-0.1, -0.05) is 6.07 Å². The molecule has 0 aliphatic rings. The van der Waals surface area contributed by atoms with Gasteiger partial charge in [-0.3, -0.25) is 4.79 Å². The van der Waals surface area contributed by atoms with E-state index in [0.29, 0.717) is 5.56 Å². The zero-order chi connectivity index (χ0) is 12.8. The van der Waals surface area contributed by atoms with Crippen molar-refractivity contribution >= 4 is 5.91 Å². The number of benzene rings is 1. The van der Waals surface area contributed by atoms with Gasteiger partial charge in [-0.2, -0.15) is 0 Å². The minimum Gasteiger partial charge on any atom is -0.392 e. The molecule has 0 radical (unpaired) electrons. The van der Waals surface area contributed by atoms with E-state index in [1.807, 2.05) is 0 Å². The van der Waals surface area contributed by atoms with Gasteiger partial charge in [0.25, 0.3) is 0 Å². The van der Waals surface area contributed by atoms with Crippen molar-refractivity contribution in [2.45, 2.75) is 25.9 Å². The molecule has 0 aliphatic heterocycles. The Hall–Kier alpha value is -1.49. The van der Waals surface area contributed by atoms with Crippen molar-refractivity contribution in [3.05, 3.63) is 35.4 Å². The number of carbonyl (C=O) groups is 1. The van der Waals surface area contributed by atoms with Gasteiger partial charge in [-0.15, -0.1) is 0 Å². The van der Waals surface area contributed by atoms with E-state index >= 15 is 0 Å². The first kappa shape index (κ1) is 13.6. The number of aliphatic hydroxyl groups excluding tert-OH is 1.